The first-order valence-electron chi connectivity index (χ1n) is 3.77. The van der Waals surface area contributed by atoms with Crippen LogP contribution in [0, 0.1) is 0 Å². The normalized spacial score (nSPS) is 16.4. The molecule has 0 unspecified atom stereocenters. The average Bonchev–Trinajstić information content (AvgIpc) is 2.28. The van der Waals surface area contributed by atoms with Gasteiger partial charge in [0, 0.05) is 17.6 Å². The standard InChI is InChI=1S/C8H10N2S/c1-3-10-7-6-9-4-2-8(7)11-5-1/h2,4,6,10H,1,3,5H2. The van der Waals surface area contributed by atoms with Gasteiger partial charge < -0.3 is 5.32 Å². The Bertz CT molecular complexity index is 225. The first-order chi connectivity index (χ1) is 5.47. The minimum atomic E-state index is 1.08. The molecule has 0 aromatic carbocycles. The summed E-state index contributed by atoms with van der Waals surface area (Å²) in [5.41, 5.74) is 1.19. The summed E-state index contributed by atoms with van der Waals surface area (Å²) in [6, 6.07) is 2.07. The van der Waals surface area contributed by atoms with Gasteiger partial charge in [0.15, 0.2) is 0 Å². The van der Waals surface area contributed by atoms with Gasteiger partial charge in [-0.15, -0.1) is 11.8 Å². The van der Waals surface area contributed by atoms with Gasteiger partial charge in [-0.05, 0) is 18.2 Å². The molecule has 2 nitrogen and oxygen atoms in total. The van der Waals surface area contributed by atoms with Gasteiger partial charge >= 0.3 is 0 Å². The van der Waals surface area contributed by atoms with E-state index in [2.05, 4.69) is 16.4 Å². The van der Waals surface area contributed by atoms with Crippen molar-refractivity contribution in [2.24, 2.45) is 0 Å². The van der Waals surface area contributed by atoms with Crippen LogP contribution in [0.4, 0.5) is 5.69 Å². The number of hydrogen-bond acceptors (Lipinski definition) is 3. The molecule has 1 N–H and O–H groups in total. The fourth-order valence-corrected chi connectivity index (χ4v) is 2.06. The molecule has 0 saturated heterocycles. The molecule has 1 aliphatic rings. The average molecular weight is 166 g/mol. The number of nitrogens with zero attached hydrogens (tertiary/aromatic N) is 1. The van der Waals surface area contributed by atoms with Crippen molar-refractivity contribution in [3.63, 3.8) is 0 Å². The lowest BCUT2D eigenvalue weighted by atomic mass is 10.4. The maximum atomic E-state index is 4.06. The smallest absolute Gasteiger partial charge is 0.0664 e. The summed E-state index contributed by atoms with van der Waals surface area (Å²) in [7, 11) is 0. The highest BCUT2D eigenvalue weighted by Gasteiger charge is 2.05. The molecule has 58 valence electrons. The van der Waals surface area contributed by atoms with Crippen molar-refractivity contribution in [3.8, 4) is 0 Å². The molecule has 0 spiro atoms. The Kier molecular flexibility index (Phi) is 1.99. The van der Waals surface area contributed by atoms with E-state index < -0.39 is 0 Å². The monoisotopic (exact) mass is 166 g/mol. The lowest BCUT2D eigenvalue weighted by molar-refractivity contribution is 0.997. The van der Waals surface area contributed by atoms with Crippen LogP contribution in [0.2, 0.25) is 0 Å². The number of hydrogen-bond donors (Lipinski definition) is 1. The molecule has 0 amide bonds. The number of rotatable bonds is 0. The number of thioether (sulfide) groups is 1. The first-order valence-corrected chi connectivity index (χ1v) is 4.76. The fraction of sp³-hybridized carbons (Fsp3) is 0.375. The SMILES string of the molecule is c1cc2c(cn1)NCCCS2. The maximum absolute atomic E-state index is 4.06. The second-order valence-corrected chi connectivity index (χ2v) is 3.64. The Balaban J connectivity index is 2.33. The van der Waals surface area contributed by atoms with E-state index in [4.69, 9.17) is 0 Å². The molecule has 0 radical (unpaired) electrons. The van der Waals surface area contributed by atoms with Crippen LogP contribution in [0.25, 0.3) is 0 Å². The van der Waals surface area contributed by atoms with E-state index in [-0.39, 0.29) is 0 Å². The Hall–Kier alpha value is -0.700. The van der Waals surface area contributed by atoms with Crippen molar-refractivity contribution in [1.82, 2.24) is 4.98 Å². The van der Waals surface area contributed by atoms with Crippen LogP contribution < -0.4 is 5.32 Å². The Morgan fingerprint density at radius 3 is 3.55 bits per heavy atom. The van der Waals surface area contributed by atoms with Crippen LogP contribution in [-0.2, 0) is 0 Å². The summed E-state index contributed by atoms with van der Waals surface area (Å²) in [6.07, 6.45) is 4.98. The minimum absolute atomic E-state index is 1.08. The zero-order chi connectivity index (χ0) is 7.52. The zero-order valence-electron chi connectivity index (χ0n) is 6.21. The van der Waals surface area contributed by atoms with Gasteiger partial charge in [-0.2, -0.15) is 0 Å². The Morgan fingerprint density at radius 2 is 2.55 bits per heavy atom. The van der Waals surface area contributed by atoms with Crippen molar-refractivity contribution in [2.75, 3.05) is 17.6 Å². The molecule has 3 heteroatoms. The van der Waals surface area contributed by atoms with E-state index in [9.17, 15) is 0 Å². The molecule has 1 aromatic rings. The predicted octanol–water partition coefficient (Wildman–Crippen LogP) is 1.99. The number of pyridine rings is 1. The van der Waals surface area contributed by atoms with E-state index in [0.717, 1.165) is 6.54 Å². The second-order valence-electron chi connectivity index (χ2n) is 2.50. The molecular formula is C8H10N2S. The van der Waals surface area contributed by atoms with Gasteiger partial charge in [-0.3, -0.25) is 4.98 Å². The third-order valence-electron chi connectivity index (χ3n) is 1.68. The summed E-state index contributed by atoms with van der Waals surface area (Å²) in [6.45, 7) is 1.08. The lowest BCUT2D eigenvalue weighted by Gasteiger charge is -2.03. The van der Waals surface area contributed by atoms with Crippen molar-refractivity contribution < 1.29 is 0 Å². The summed E-state index contributed by atoms with van der Waals surface area (Å²) in [4.78, 5) is 5.39. The van der Waals surface area contributed by atoms with E-state index in [1.165, 1.54) is 22.8 Å². The predicted molar refractivity (Wildman–Crippen MR) is 48.1 cm³/mol. The van der Waals surface area contributed by atoms with Gasteiger partial charge in [0.05, 0.1) is 11.9 Å². The third-order valence-corrected chi connectivity index (χ3v) is 2.83. The van der Waals surface area contributed by atoms with Gasteiger partial charge in [0.2, 0.25) is 0 Å². The molecule has 0 fully saturated rings. The topological polar surface area (TPSA) is 24.9 Å². The van der Waals surface area contributed by atoms with Crippen molar-refractivity contribution >= 4 is 17.4 Å². The molecule has 0 atom stereocenters. The molecule has 0 aliphatic carbocycles. The van der Waals surface area contributed by atoms with E-state index in [1.54, 1.807) is 0 Å². The van der Waals surface area contributed by atoms with Gasteiger partial charge in [0.25, 0.3) is 0 Å². The molecular weight excluding hydrogens is 156 g/mol. The second kappa shape index (κ2) is 3.13. The van der Waals surface area contributed by atoms with E-state index in [1.807, 2.05) is 24.2 Å². The van der Waals surface area contributed by atoms with Gasteiger partial charge in [0.1, 0.15) is 0 Å². The molecule has 1 aliphatic heterocycles. The number of anilines is 1. The molecule has 2 rings (SSSR count). The summed E-state index contributed by atoms with van der Waals surface area (Å²) < 4.78 is 0. The van der Waals surface area contributed by atoms with Crippen LogP contribution in [-0.4, -0.2) is 17.3 Å². The largest absolute Gasteiger partial charge is 0.383 e. The van der Waals surface area contributed by atoms with E-state index in [0.29, 0.717) is 0 Å². The van der Waals surface area contributed by atoms with Crippen molar-refractivity contribution in [3.05, 3.63) is 18.5 Å². The highest BCUT2D eigenvalue weighted by Crippen LogP contribution is 2.28. The minimum Gasteiger partial charge on any atom is -0.383 e. The van der Waals surface area contributed by atoms with Crippen molar-refractivity contribution in [1.29, 1.82) is 0 Å². The lowest BCUT2D eigenvalue weighted by Crippen LogP contribution is -1.99. The molecule has 1 aromatic heterocycles. The zero-order valence-corrected chi connectivity index (χ0v) is 7.03. The highest BCUT2D eigenvalue weighted by molar-refractivity contribution is 7.99. The molecule has 2 heterocycles. The Labute approximate surface area is 70.4 Å². The van der Waals surface area contributed by atoms with Gasteiger partial charge in [-0.25, -0.2) is 0 Å². The number of aromatic nitrogens is 1. The fourth-order valence-electron chi connectivity index (χ4n) is 1.12. The van der Waals surface area contributed by atoms with Gasteiger partial charge in [-0.1, -0.05) is 0 Å². The number of nitrogens with one attached hydrogen (secondary N) is 1. The van der Waals surface area contributed by atoms with Crippen LogP contribution in [0.15, 0.2) is 23.4 Å². The third kappa shape index (κ3) is 1.48. The number of fused-ring (bicyclic) bond motifs is 1. The summed E-state index contributed by atoms with van der Waals surface area (Å²) in [5.74, 6) is 1.21. The molecule has 11 heavy (non-hydrogen) atoms. The molecule has 0 bridgehead atoms. The van der Waals surface area contributed by atoms with Crippen LogP contribution in [0.3, 0.4) is 0 Å². The van der Waals surface area contributed by atoms with Crippen LogP contribution >= 0.6 is 11.8 Å². The Morgan fingerprint density at radius 1 is 1.55 bits per heavy atom. The van der Waals surface area contributed by atoms with Crippen molar-refractivity contribution in [2.45, 2.75) is 11.3 Å². The maximum Gasteiger partial charge on any atom is 0.0664 e. The summed E-state index contributed by atoms with van der Waals surface area (Å²) >= 11 is 1.91. The van der Waals surface area contributed by atoms with Crippen LogP contribution in [0.1, 0.15) is 6.42 Å². The highest BCUT2D eigenvalue weighted by atomic mass is 32.2. The quantitative estimate of drug-likeness (QED) is 0.638. The molecule has 0 saturated carbocycles. The van der Waals surface area contributed by atoms with Crippen LogP contribution in [0.5, 0.6) is 0 Å². The summed E-state index contributed by atoms with van der Waals surface area (Å²) in [5, 5.41) is 3.34. The van der Waals surface area contributed by atoms with E-state index >= 15 is 0 Å². The first kappa shape index (κ1) is 6.98.